The van der Waals surface area contributed by atoms with Crippen molar-refractivity contribution in [3.05, 3.63) is 54.6 Å². The second-order valence-corrected chi connectivity index (χ2v) is 6.18. The molecule has 0 radical (unpaired) electrons. The Hall–Kier alpha value is -3.26. The Morgan fingerprint density at radius 3 is 2.89 bits per heavy atom. The molecular weight excluding hydrogens is 346 g/mol. The number of rotatable bonds is 6. The van der Waals surface area contributed by atoms with Crippen LogP contribution in [0.15, 0.2) is 53.2 Å². The van der Waals surface area contributed by atoms with E-state index in [-0.39, 0.29) is 18.5 Å². The smallest absolute Gasteiger partial charge is 0.246 e. The summed E-state index contributed by atoms with van der Waals surface area (Å²) in [5, 5.41) is 9.90. The third kappa shape index (κ3) is 4.29. The number of carbonyl (C=O) groups excluding carboxylic acids is 1. The lowest BCUT2D eigenvalue weighted by Crippen LogP contribution is -2.40. The number of hydrogen-bond acceptors (Lipinski definition) is 7. The van der Waals surface area contributed by atoms with Gasteiger partial charge in [0.15, 0.2) is 0 Å². The van der Waals surface area contributed by atoms with Crippen molar-refractivity contribution in [2.75, 3.05) is 6.54 Å². The van der Waals surface area contributed by atoms with Crippen LogP contribution in [0, 0.1) is 0 Å². The third-order valence-corrected chi connectivity index (χ3v) is 4.22. The maximum atomic E-state index is 12.0. The van der Waals surface area contributed by atoms with Gasteiger partial charge in [-0.15, -0.1) is 0 Å². The number of para-hydroxylation sites is 1. The number of nitrogens with one attached hydrogen (secondary N) is 2. The Bertz CT molecular complexity index is 889. The molecule has 2 N–H and O–H groups in total. The van der Waals surface area contributed by atoms with E-state index in [0.29, 0.717) is 28.9 Å². The summed E-state index contributed by atoms with van der Waals surface area (Å²) < 4.78 is 10.9. The van der Waals surface area contributed by atoms with Gasteiger partial charge in [0.2, 0.25) is 23.5 Å². The molecule has 0 spiro atoms. The Kier molecular flexibility index (Phi) is 5.06. The van der Waals surface area contributed by atoms with E-state index < -0.39 is 0 Å². The molecule has 0 aliphatic carbocycles. The fourth-order valence-corrected chi connectivity index (χ4v) is 2.82. The van der Waals surface area contributed by atoms with Crippen LogP contribution in [0.1, 0.15) is 18.7 Å². The minimum atomic E-state index is -0.131. The average Bonchev–Trinajstić information content (AvgIpc) is 3.40. The van der Waals surface area contributed by atoms with Crippen LogP contribution < -0.4 is 15.4 Å². The summed E-state index contributed by atoms with van der Waals surface area (Å²) in [5.74, 6) is 1.91. The zero-order chi connectivity index (χ0) is 18.5. The molecule has 2 aromatic heterocycles. The first-order chi connectivity index (χ1) is 13.3. The fourth-order valence-electron chi connectivity index (χ4n) is 2.82. The van der Waals surface area contributed by atoms with E-state index in [1.807, 2.05) is 30.3 Å². The van der Waals surface area contributed by atoms with Gasteiger partial charge in [0.05, 0.1) is 12.6 Å². The maximum absolute atomic E-state index is 12.0. The summed E-state index contributed by atoms with van der Waals surface area (Å²) in [5.41, 5.74) is 0.703. The van der Waals surface area contributed by atoms with Gasteiger partial charge in [0, 0.05) is 17.8 Å². The molecular formula is C19H19N5O3. The molecule has 27 heavy (non-hydrogen) atoms. The Balaban J connectivity index is 1.35. The van der Waals surface area contributed by atoms with Gasteiger partial charge in [0.1, 0.15) is 5.75 Å². The van der Waals surface area contributed by atoms with Crippen molar-refractivity contribution in [3.8, 4) is 23.0 Å². The molecule has 1 saturated heterocycles. The van der Waals surface area contributed by atoms with Gasteiger partial charge in [0.25, 0.3) is 0 Å². The van der Waals surface area contributed by atoms with Crippen molar-refractivity contribution in [1.29, 1.82) is 0 Å². The number of carbonyl (C=O) groups is 1. The largest absolute Gasteiger partial charge is 0.439 e. The number of benzene rings is 1. The molecule has 4 rings (SSSR count). The van der Waals surface area contributed by atoms with Gasteiger partial charge in [-0.05, 0) is 37.6 Å². The van der Waals surface area contributed by atoms with Crippen LogP contribution in [-0.2, 0) is 11.3 Å². The number of nitrogens with zero attached hydrogens (tertiary/aromatic N) is 3. The summed E-state index contributed by atoms with van der Waals surface area (Å²) in [7, 11) is 0. The van der Waals surface area contributed by atoms with Crippen molar-refractivity contribution in [3.63, 3.8) is 0 Å². The van der Waals surface area contributed by atoms with Crippen molar-refractivity contribution in [1.82, 2.24) is 25.8 Å². The summed E-state index contributed by atoms with van der Waals surface area (Å²) in [6, 6.07) is 12.8. The van der Waals surface area contributed by atoms with Gasteiger partial charge in [-0.1, -0.05) is 23.4 Å². The highest BCUT2D eigenvalue weighted by Gasteiger charge is 2.22. The van der Waals surface area contributed by atoms with Gasteiger partial charge in [-0.3, -0.25) is 4.79 Å². The number of pyridine rings is 1. The number of ether oxygens (including phenoxy) is 1. The number of hydrogen-bond donors (Lipinski definition) is 2. The molecule has 0 saturated carbocycles. The highest BCUT2D eigenvalue weighted by Crippen LogP contribution is 2.21. The average molecular weight is 365 g/mol. The van der Waals surface area contributed by atoms with Gasteiger partial charge in [-0.25, -0.2) is 4.98 Å². The lowest BCUT2D eigenvalue weighted by Gasteiger charge is -2.08. The normalized spacial score (nSPS) is 16.2. The predicted octanol–water partition coefficient (Wildman–Crippen LogP) is 2.29. The zero-order valence-electron chi connectivity index (χ0n) is 14.6. The predicted molar refractivity (Wildman–Crippen MR) is 96.9 cm³/mol. The zero-order valence-corrected chi connectivity index (χ0v) is 14.6. The van der Waals surface area contributed by atoms with E-state index in [1.165, 1.54) is 0 Å². The molecule has 1 aromatic carbocycles. The Morgan fingerprint density at radius 2 is 2.15 bits per heavy atom. The molecule has 8 heteroatoms. The summed E-state index contributed by atoms with van der Waals surface area (Å²) in [4.78, 5) is 20.6. The van der Waals surface area contributed by atoms with E-state index in [2.05, 4.69) is 25.8 Å². The van der Waals surface area contributed by atoms with Gasteiger partial charge in [-0.2, -0.15) is 4.98 Å². The molecule has 1 atom stereocenters. The van der Waals surface area contributed by atoms with E-state index in [9.17, 15) is 4.79 Å². The number of amides is 1. The van der Waals surface area contributed by atoms with Crippen LogP contribution in [0.3, 0.4) is 0 Å². The molecule has 3 aromatic rings. The first-order valence-corrected chi connectivity index (χ1v) is 8.81. The molecule has 1 fully saturated rings. The van der Waals surface area contributed by atoms with E-state index in [0.717, 1.165) is 19.4 Å². The second kappa shape index (κ2) is 7.96. The minimum Gasteiger partial charge on any atom is -0.439 e. The SMILES string of the molecule is O=C(NCc1nc(-c2ccc(Oc3ccccc3)nc2)no1)C1CCCN1. The van der Waals surface area contributed by atoms with E-state index >= 15 is 0 Å². The Labute approximate surface area is 156 Å². The quantitative estimate of drug-likeness (QED) is 0.691. The van der Waals surface area contributed by atoms with Crippen LogP contribution in [0.25, 0.3) is 11.4 Å². The minimum absolute atomic E-state index is 0.0451. The van der Waals surface area contributed by atoms with Crippen LogP contribution in [0.2, 0.25) is 0 Å². The van der Waals surface area contributed by atoms with Crippen molar-refractivity contribution < 1.29 is 14.1 Å². The fraction of sp³-hybridized carbons (Fsp3) is 0.263. The molecule has 1 aliphatic rings. The second-order valence-electron chi connectivity index (χ2n) is 6.18. The highest BCUT2D eigenvalue weighted by molar-refractivity contribution is 5.81. The molecule has 138 valence electrons. The third-order valence-electron chi connectivity index (χ3n) is 4.22. The lowest BCUT2D eigenvalue weighted by atomic mass is 10.2. The first-order valence-electron chi connectivity index (χ1n) is 8.81. The number of aromatic nitrogens is 3. The molecule has 1 unspecified atom stereocenters. The van der Waals surface area contributed by atoms with Crippen LogP contribution in [0.4, 0.5) is 0 Å². The molecule has 1 amide bonds. The first kappa shape index (κ1) is 17.2. The standard InChI is InChI=1S/C19H19N5O3/c25-19(15-7-4-10-20-15)22-12-17-23-18(24-27-17)13-8-9-16(21-11-13)26-14-5-2-1-3-6-14/h1-3,5-6,8-9,11,15,20H,4,7,10,12H2,(H,22,25). The highest BCUT2D eigenvalue weighted by atomic mass is 16.5. The maximum Gasteiger partial charge on any atom is 0.246 e. The van der Waals surface area contributed by atoms with Crippen LogP contribution >= 0.6 is 0 Å². The van der Waals surface area contributed by atoms with Gasteiger partial charge < -0.3 is 19.9 Å². The van der Waals surface area contributed by atoms with Gasteiger partial charge >= 0.3 is 0 Å². The van der Waals surface area contributed by atoms with Crippen LogP contribution in [0.5, 0.6) is 11.6 Å². The summed E-state index contributed by atoms with van der Waals surface area (Å²) in [6.07, 6.45) is 3.48. The molecule has 1 aliphatic heterocycles. The van der Waals surface area contributed by atoms with E-state index in [1.54, 1.807) is 18.3 Å². The molecule has 0 bridgehead atoms. The van der Waals surface area contributed by atoms with Crippen molar-refractivity contribution >= 4 is 5.91 Å². The Morgan fingerprint density at radius 1 is 1.26 bits per heavy atom. The van der Waals surface area contributed by atoms with Crippen molar-refractivity contribution in [2.24, 2.45) is 0 Å². The topological polar surface area (TPSA) is 102 Å². The monoisotopic (exact) mass is 365 g/mol. The van der Waals surface area contributed by atoms with E-state index in [4.69, 9.17) is 9.26 Å². The van der Waals surface area contributed by atoms with Crippen LogP contribution in [-0.4, -0.2) is 33.6 Å². The van der Waals surface area contributed by atoms with Crippen molar-refractivity contribution in [2.45, 2.75) is 25.4 Å². The molecule has 8 nitrogen and oxygen atoms in total. The lowest BCUT2D eigenvalue weighted by molar-refractivity contribution is -0.123. The summed E-state index contributed by atoms with van der Waals surface area (Å²) in [6.45, 7) is 1.08. The molecule has 3 heterocycles. The summed E-state index contributed by atoms with van der Waals surface area (Å²) >= 11 is 0.